The summed E-state index contributed by atoms with van der Waals surface area (Å²) in [7, 11) is 0. The highest BCUT2D eigenvalue weighted by Crippen LogP contribution is 2.18. The summed E-state index contributed by atoms with van der Waals surface area (Å²) in [4.78, 5) is 11.7. The van der Waals surface area contributed by atoms with Crippen LogP contribution < -0.4 is 5.32 Å². The van der Waals surface area contributed by atoms with Crippen molar-refractivity contribution in [3.05, 3.63) is 42.0 Å². The van der Waals surface area contributed by atoms with Gasteiger partial charge in [-0.3, -0.25) is 4.79 Å². The number of rotatable bonds is 3. The van der Waals surface area contributed by atoms with Crippen molar-refractivity contribution in [3.63, 3.8) is 0 Å². The molecule has 2 rings (SSSR count). The van der Waals surface area contributed by atoms with Gasteiger partial charge in [0.1, 0.15) is 0 Å². The van der Waals surface area contributed by atoms with Crippen LogP contribution in [-0.2, 0) is 4.79 Å². The smallest absolute Gasteiger partial charge is 0.244 e. The summed E-state index contributed by atoms with van der Waals surface area (Å²) in [6.45, 7) is 0. The number of carbonyl (C=O) groups excluding carboxylic acids is 1. The fourth-order valence-corrected chi connectivity index (χ4v) is 2.25. The second-order valence-electron chi connectivity index (χ2n) is 4.71. The molecule has 1 aromatic rings. The lowest BCUT2D eigenvalue weighted by atomic mass is 9.92. The van der Waals surface area contributed by atoms with Crippen molar-refractivity contribution in [2.45, 2.75) is 37.8 Å². The summed E-state index contributed by atoms with van der Waals surface area (Å²) in [5.41, 5.74) is 0.997. The number of aliphatic hydroxyl groups excluding tert-OH is 1. The second-order valence-corrected chi connectivity index (χ2v) is 4.71. The summed E-state index contributed by atoms with van der Waals surface area (Å²) in [6, 6.07) is 9.60. The van der Waals surface area contributed by atoms with Gasteiger partial charge in [-0.1, -0.05) is 43.2 Å². The van der Waals surface area contributed by atoms with Gasteiger partial charge in [-0.2, -0.15) is 0 Å². The second kappa shape index (κ2) is 6.36. The quantitative estimate of drug-likeness (QED) is 0.801. The number of amides is 1. The molecule has 1 saturated carbocycles. The summed E-state index contributed by atoms with van der Waals surface area (Å²) >= 11 is 0. The van der Waals surface area contributed by atoms with Gasteiger partial charge in [-0.05, 0) is 24.5 Å². The Labute approximate surface area is 108 Å². The molecule has 96 valence electrons. The Morgan fingerprint density at radius 2 is 1.94 bits per heavy atom. The standard InChI is InChI=1S/C15H19NO2/c17-14-9-5-4-8-13(14)16-15(18)11-10-12-6-2-1-3-7-12/h1-3,6-7,10-11,13-14,17H,4-5,8-9H2,(H,16,18). The van der Waals surface area contributed by atoms with Gasteiger partial charge in [-0.25, -0.2) is 0 Å². The van der Waals surface area contributed by atoms with E-state index in [0.717, 1.165) is 31.2 Å². The van der Waals surface area contributed by atoms with Gasteiger partial charge < -0.3 is 10.4 Å². The molecule has 1 amide bonds. The van der Waals surface area contributed by atoms with Gasteiger partial charge >= 0.3 is 0 Å². The van der Waals surface area contributed by atoms with Crippen molar-refractivity contribution in [1.29, 1.82) is 0 Å². The molecule has 0 aliphatic heterocycles. The molecule has 1 fully saturated rings. The van der Waals surface area contributed by atoms with Crippen LogP contribution in [0.1, 0.15) is 31.2 Å². The van der Waals surface area contributed by atoms with E-state index in [1.807, 2.05) is 30.3 Å². The molecular formula is C15H19NO2. The first kappa shape index (κ1) is 12.8. The van der Waals surface area contributed by atoms with Crippen molar-refractivity contribution >= 4 is 12.0 Å². The van der Waals surface area contributed by atoms with Crippen LogP contribution in [0.15, 0.2) is 36.4 Å². The molecule has 2 atom stereocenters. The molecule has 3 nitrogen and oxygen atoms in total. The Bertz CT molecular complexity index is 414. The average Bonchev–Trinajstić information content (AvgIpc) is 2.40. The van der Waals surface area contributed by atoms with Crippen LogP contribution >= 0.6 is 0 Å². The molecule has 0 saturated heterocycles. The van der Waals surface area contributed by atoms with E-state index in [9.17, 15) is 9.90 Å². The van der Waals surface area contributed by atoms with Crippen molar-refractivity contribution in [2.75, 3.05) is 0 Å². The molecule has 18 heavy (non-hydrogen) atoms. The maximum absolute atomic E-state index is 11.7. The minimum Gasteiger partial charge on any atom is -0.391 e. The first-order chi connectivity index (χ1) is 8.75. The number of benzene rings is 1. The molecule has 0 bridgehead atoms. The normalized spacial score (nSPS) is 24.1. The van der Waals surface area contributed by atoms with Crippen LogP contribution in [0.3, 0.4) is 0 Å². The van der Waals surface area contributed by atoms with E-state index in [1.165, 1.54) is 6.08 Å². The summed E-state index contributed by atoms with van der Waals surface area (Å²) < 4.78 is 0. The third-order valence-electron chi connectivity index (χ3n) is 3.28. The van der Waals surface area contributed by atoms with Gasteiger partial charge in [0.05, 0.1) is 12.1 Å². The van der Waals surface area contributed by atoms with Crippen molar-refractivity contribution in [1.82, 2.24) is 5.32 Å². The average molecular weight is 245 g/mol. The highest BCUT2D eigenvalue weighted by Gasteiger charge is 2.23. The van der Waals surface area contributed by atoms with Gasteiger partial charge in [0.2, 0.25) is 5.91 Å². The van der Waals surface area contributed by atoms with Crippen LogP contribution in [-0.4, -0.2) is 23.2 Å². The first-order valence-corrected chi connectivity index (χ1v) is 6.47. The van der Waals surface area contributed by atoms with E-state index < -0.39 is 6.10 Å². The Balaban J connectivity index is 1.86. The fraction of sp³-hybridized carbons (Fsp3) is 0.400. The van der Waals surface area contributed by atoms with Crippen molar-refractivity contribution in [3.8, 4) is 0 Å². The van der Waals surface area contributed by atoms with Crippen molar-refractivity contribution < 1.29 is 9.90 Å². The molecule has 1 aliphatic carbocycles. The van der Waals surface area contributed by atoms with E-state index in [2.05, 4.69) is 5.32 Å². The Morgan fingerprint density at radius 1 is 1.22 bits per heavy atom. The SMILES string of the molecule is O=C(C=Cc1ccccc1)NC1CCCCC1O. The van der Waals surface area contributed by atoms with E-state index in [1.54, 1.807) is 6.08 Å². The highest BCUT2D eigenvalue weighted by atomic mass is 16.3. The molecule has 3 heteroatoms. The highest BCUT2D eigenvalue weighted by molar-refractivity contribution is 5.91. The molecule has 1 aromatic carbocycles. The molecule has 2 N–H and O–H groups in total. The van der Waals surface area contributed by atoms with Crippen molar-refractivity contribution in [2.24, 2.45) is 0 Å². The van der Waals surface area contributed by atoms with Crippen LogP contribution in [0.4, 0.5) is 0 Å². The number of hydrogen-bond acceptors (Lipinski definition) is 2. The Kier molecular flexibility index (Phi) is 4.53. The Hall–Kier alpha value is -1.61. The van der Waals surface area contributed by atoms with Crippen LogP contribution in [0.25, 0.3) is 6.08 Å². The largest absolute Gasteiger partial charge is 0.391 e. The third-order valence-corrected chi connectivity index (χ3v) is 3.28. The Morgan fingerprint density at radius 3 is 2.67 bits per heavy atom. The maximum Gasteiger partial charge on any atom is 0.244 e. The zero-order valence-corrected chi connectivity index (χ0v) is 10.4. The van der Waals surface area contributed by atoms with E-state index in [-0.39, 0.29) is 11.9 Å². The monoisotopic (exact) mass is 245 g/mol. The fourth-order valence-electron chi connectivity index (χ4n) is 2.25. The molecule has 2 unspecified atom stereocenters. The zero-order valence-electron chi connectivity index (χ0n) is 10.4. The molecule has 1 aliphatic rings. The maximum atomic E-state index is 11.7. The summed E-state index contributed by atoms with van der Waals surface area (Å²) in [5.74, 6) is -0.134. The van der Waals surface area contributed by atoms with Gasteiger partial charge in [0.15, 0.2) is 0 Å². The lowest BCUT2D eigenvalue weighted by Crippen LogP contribution is -2.44. The van der Waals surface area contributed by atoms with E-state index >= 15 is 0 Å². The third kappa shape index (κ3) is 3.70. The van der Waals surface area contributed by atoms with E-state index in [4.69, 9.17) is 0 Å². The summed E-state index contributed by atoms with van der Waals surface area (Å²) in [5, 5.41) is 12.6. The molecule has 0 aromatic heterocycles. The van der Waals surface area contributed by atoms with Gasteiger partial charge in [0, 0.05) is 6.08 Å². The lowest BCUT2D eigenvalue weighted by molar-refractivity contribution is -0.118. The summed E-state index contributed by atoms with van der Waals surface area (Å²) in [6.07, 6.45) is 6.69. The van der Waals surface area contributed by atoms with Crippen LogP contribution in [0.5, 0.6) is 0 Å². The predicted octanol–water partition coefficient (Wildman–Crippen LogP) is 2.12. The minimum absolute atomic E-state index is 0.0910. The molecule has 0 heterocycles. The molecule has 0 radical (unpaired) electrons. The topological polar surface area (TPSA) is 49.3 Å². The number of aliphatic hydroxyl groups is 1. The van der Waals surface area contributed by atoms with Gasteiger partial charge in [-0.15, -0.1) is 0 Å². The predicted molar refractivity (Wildman–Crippen MR) is 71.9 cm³/mol. The van der Waals surface area contributed by atoms with Crippen LogP contribution in [0, 0.1) is 0 Å². The van der Waals surface area contributed by atoms with Gasteiger partial charge in [0.25, 0.3) is 0 Å². The first-order valence-electron chi connectivity index (χ1n) is 6.47. The lowest BCUT2D eigenvalue weighted by Gasteiger charge is -2.27. The molecular weight excluding hydrogens is 226 g/mol. The number of carbonyl (C=O) groups is 1. The van der Waals surface area contributed by atoms with Crippen LogP contribution in [0.2, 0.25) is 0 Å². The number of hydrogen-bond donors (Lipinski definition) is 2. The zero-order chi connectivity index (χ0) is 12.8. The van der Waals surface area contributed by atoms with E-state index in [0.29, 0.717) is 0 Å². The minimum atomic E-state index is -0.396. The number of nitrogens with one attached hydrogen (secondary N) is 1. The molecule has 0 spiro atoms.